The fraction of sp³-hybridized carbons (Fsp3) is 0.111. The maximum absolute atomic E-state index is 12.7. The summed E-state index contributed by atoms with van der Waals surface area (Å²) in [6.45, 7) is 1.71. The molecule has 1 amide bonds. The SMILES string of the molecule is CC1=C(O)C(=O)N(c2ccc3nc[nH]c3c2)C1c1cccc(Cl)c1Cl. The number of H-pyrrole nitrogens is 1. The summed E-state index contributed by atoms with van der Waals surface area (Å²) in [5.41, 5.74) is 3.41. The summed E-state index contributed by atoms with van der Waals surface area (Å²) >= 11 is 12.5. The van der Waals surface area contributed by atoms with Crippen molar-refractivity contribution in [3.05, 3.63) is 69.7 Å². The standard InChI is InChI=1S/C18H13Cl2N3O2/c1-9-16(11-3-2-4-12(19)15(11)20)23(18(25)17(9)24)10-5-6-13-14(7-10)22-8-21-13/h2-8,16,24H,1H3,(H,21,22). The molecule has 0 saturated heterocycles. The van der Waals surface area contributed by atoms with Crippen molar-refractivity contribution in [1.82, 2.24) is 9.97 Å². The molecular weight excluding hydrogens is 361 g/mol. The largest absolute Gasteiger partial charge is 0.503 e. The number of aromatic amines is 1. The molecule has 0 radical (unpaired) electrons. The van der Waals surface area contributed by atoms with E-state index in [1.165, 1.54) is 4.90 Å². The van der Waals surface area contributed by atoms with Crippen LogP contribution in [0.25, 0.3) is 11.0 Å². The van der Waals surface area contributed by atoms with Gasteiger partial charge in [0, 0.05) is 11.3 Å². The van der Waals surface area contributed by atoms with Crippen LogP contribution in [0.3, 0.4) is 0 Å². The van der Waals surface area contributed by atoms with Crippen molar-refractivity contribution in [2.75, 3.05) is 4.90 Å². The lowest BCUT2D eigenvalue weighted by Gasteiger charge is -2.27. The molecule has 5 nitrogen and oxygen atoms in total. The smallest absolute Gasteiger partial charge is 0.293 e. The first kappa shape index (κ1) is 16.0. The summed E-state index contributed by atoms with van der Waals surface area (Å²) in [5.74, 6) is -0.747. The Bertz CT molecular complexity index is 1040. The number of aromatic nitrogens is 2. The van der Waals surface area contributed by atoms with Crippen molar-refractivity contribution < 1.29 is 9.90 Å². The topological polar surface area (TPSA) is 69.2 Å². The normalized spacial score (nSPS) is 17.8. The molecule has 0 saturated carbocycles. The highest BCUT2D eigenvalue weighted by atomic mass is 35.5. The third kappa shape index (κ3) is 2.39. The number of aliphatic hydroxyl groups is 1. The van der Waals surface area contributed by atoms with Crippen molar-refractivity contribution in [1.29, 1.82) is 0 Å². The first-order chi connectivity index (χ1) is 12.0. The van der Waals surface area contributed by atoms with E-state index in [9.17, 15) is 9.90 Å². The van der Waals surface area contributed by atoms with Gasteiger partial charge in [0.1, 0.15) is 0 Å². The second-order valence-electron chi connectivity index (χ2n) is 5.86. The molecule has 0 bridgehead atoms. The zero-order chi connectivity index (χ0) is 17.7. The number of carbonyl (C=O) groups is 1. The van der Waals surface area contributed by atoms with Crippen molar-refractivity contribution in [3.8, 4) is 0 Å². The summed E-state index contributed by atoms with van der Waals surface area (Å²) in [5, 5.41) is 11.0. The molecule has 4 rings (SSSR count). The first-order valence-corrected chi connectivity index (χ1v) is 8.35. The Kier molecular flexibility index (Phi) is 3.71. The van der Waals surface area contributed by atoms with Crippen LogP contribution in [0.5, 0.6) is 0 Å². The van der Waals surface area contributed by atoms with Gasteiger partial charge in [0.25, 0.3) is 5.91 Å². The number of anilines is 1. The number of hydrogen-bond acceptors (Lipinski definition) is 3. The predicted molar refractivity (Wildman–Crippen MR) is 98.1 cm³/mol. The highest BCUT2D eigenvalue weighted by molar-refractivity contribution is 6.42. The number of halogens is 2. The second-order valence-corrected chi connectivity index (χ2v) is 6.64. The third-order valence-electron chi connectivity index (χ3n) is 4.42. The van der Waals surface area contributed by atoms with Crippen LogP contribution in [-0.2, 0) is 4.79 Å². The quantitative estimate of drug-likeness (QED) is 0.678. The van der Waals surface area contributed by atoms with Gasteiger partial charge in [0.05, 0.1) is 33.4 Å². The van der Waals surface area contributed by atoms with Crippen molar-refractivity contribution in [2.24, 2.45) is 0 Å². The number of aliphatic hydroxyl groups excluding tert-OH is 1. The predicted octanol–water partition coefficient (Wildman–Crippen LogP) is 4.79. The van der Waals surface area contributed by atoms with Crippen LogP contribution in [0.2, 0.25) is 10.0 Å². The van der Waals surface area contributed by atoms with E-state index in [1.54, 1.807) is 37.5 Å². The van der Waals surface area contributed by atoms with Crippen LogP contribution >= 0.6 is 23.2 Å². The monoisotopic (exact) mass is 373 g/mol. The molecule has 126 valence electrons. The van der Waals surface area contributed by atoms with E-state index >= 15 is 0 Å². The van der Waals surface area contributed by atoms with E-state index < -0.39 is 11.9 Å². The summed E-state index contributed by atoms with van der Waals surface area (Å²) in [6, 6.07) is 10.2. The number of amides is 1. The first-order valence-electron chi connectivity index (χ1n) is 7.59. The van der Waals surface area contributed by atoms with Crippen LogP contribution < -0.4 is 4.90 Å². The van der Waals surface area contributed by atoms with Gasteiger partial charge in [-0.25, -0.2) is 4.98 Å². The van der Waals surface area contributed by atoms with E-state index in [0.717, 1.165) is 11.0 Å². The molecular formula is C18H13Cl2N3O2. The number of nitrogens with zero attached hydrogens (tertiary/aromatic N) is 2. The van der Waals surface area contributed by atoms with E-state index in [1.807, 2.05) is 12.1 Å². The van der Waals surface area contributed by atoms with Gasteiger partial charge in [-0.3, -0.25) is 9.69 Å². The van der Waals surface area contributed by atoms with Gasteiger partial charge in [0.2, 0.25) is 0 Å². The van der Waals surface area contributed by atoms with Crippen LogP contribution in [0.15, 0.2) is 54.1 Å². The second kappa shape index (κ2) is 5.79. The molecule has 2 N–H and O–H groups in total. The van der Waals surface area contributed by atoms with Gasteiger partial charge >= 0.3 is 0 Å². The highest BCUT2D eigenvalue weighted by Crippen LogP contribution is 2.44. The van der Waals surface area contributed by atoms with Crippen LogP contribution in [0, 0.1) is 0 Å². The number of carbonyl (C=O) groups excluding carboxylic acids is 1. The molecule has 1 aliphatic rings. The molecule has 7 heteroatoms. The summed E-state index contributed by atoms with van der Waals surface area (Å²) in [4.78, 5) is 21.4. The minimum absolute atomic E-state index is 0.272. The maximum atomic E-state index is 12.7. The molecule has 1 aromatic heterocycles. The molecule has 1 unspecified atom stereocenters. The Morgan fingerprint density at radius 3 is 2.84 bits per heavy atom. The fourth-order valence-corrected chi connectivity index (χ4v) is 3.58. The number of imidazole rings is 1. The number of benzene rings is 2. The number of fused-ring (bicyclic) bond motifs is 1. The minimum atomic E-state index is -0.529. The van der Waals surface area contributed by atoms with Gasteiger partial charge < -0.3 is 10.1 Å². The minimum Gasteiger partial charge on any atom is -0.503 e. The Balaban J connectivity index is 1.90. The lowest BCUT2D eigenvalue weighted by molar-refractivity contribution is -0.117. The molecule has 2 heterocycles. The molecule has 1 aliphatic heterocycles. The number of hydrogen-bond donors (Lipinski definition) is 2. The zero-order valence-electron chi connectivity index (χ0n) is 13.1. The van der Waals surface area contributed by atoms with Crippen LogP contribution in [0.4, 0.5) is 5.69 Å². The average molecular weight is 374 g/mol. The number of rotatable bonds is 2. The Morgan fingerprint density at radius 1 is 1.24 bits per heavy atom. The van der Waals surface area contributed by atoms with Gasteiger partial charge in [-0.1, -0.05) is 35.3 Å². The average Bonchev–Trinajstić information content (AvgIpc) is 3.15. The maximum Gasteiger partial charge on any atom is 0.293 e. The van der Waals surface area contributed by atoms with E-state index in [4.69, 9.17) is 23.2 Å². The molecule has 0 fully saturated rings. The van der Waals surface area contributed by atoms with Gasteiger partial charge in [-0.15, -0.1) is 0 Å². The van der Waals surface area contributed by atoms with Crippen molar-refractivity contribution in [3.63, 3.8) is 0 Å². The molecule has 0 spiro atoms. The van der Waals surface area contributed by atoms with E-state index in [-0.39, 0.29) is 5.76 Å². The van der Waals surface area contributed by atoms with Gasteiger partial charge in [-0.2, -0.15) is 0 Å². The van der Waals surface area contributed by atoms with Crippen LogP contribution in [0.1, 0.15) is 18.5 Å². The van der Waals surface area contributed by atoms with Gasteiger partial charge in [-0.05, 0) is 36.8 Å². The molecule has 25 heavy (non-hydrogen) atoms. The van der Waals surface area contributed by atoms with Gasteiger partial charge in [0.15, 0.2) is 5.76 Å². The molecule has 2 aromatic carbocycles. The van der Waals surface area contributed by atoms with Crippen molar-refractivity contribution in [2.45, 2.75) is 13.0 Å². The third-order valence-corrected chi connectivity index (χ3v) is 5.25. The Morgan fingerprint density at radius 2 is 2.04 bits per heavy atom. The lowest BCUT2D eigenvalue weighted by atomic mass is 10.00. The lowest BCUT2D eigenvalue weighted by Crippen LogP contribution is -2.30. The Hall–Kier alpha value is -2.50. The van der Waals surface area contributed by atoms with E-state index in [2.05, 4.69) is 9.97 Å². The molecule has 1 atom stereocenters. The molecule has 3 aromatic rings. The summed E-state index contributed by atoms with van der Waals surface area (Å²) < 4.78 is 0. The summed E-state index contributed by atoms with van der Waals surface area (Å²) in [7, 11) is 0. The van der Waals surface area contributed by atoms with Crippen LogP contribution in [-0.4, -0.2) is 21.0 Å². The van der Waals surface area contributed by atoms with E-state index in [0.29, 0.717) is 26.9 Å². The highest BCUT2D eigenvalue weighted by Gasteiger charge is 2.40. The zero-order valence-corrected chi connectivity index (χ0v) is 14.6. The van der Waals surface area contributed by atoms with Crippen molar-refractivity contribution >= 4 is 45.8 Å². The Labute approximate surface area is 153 Å². The fourth-order valence-electron chi connectivity index (χ4n) is 3.17. The molecule has 0 aliphatic carbocycles. The number of nitrogens with one attached hydrogen (secondary N) is 1. The summed E-state index contributed by atoms with van der Waals surface area (Å²) in [6.07, 6.45) is 1.59.